The molecule has 2 N–H and O–H groups in total. The first kappa shape index (κ1) is 12.1. The average molecular weight is 239 g/mol. The summed E-state index contributed by atoms with van der Waals surface area (Å²) in [6, 6.07) is 1.67. The summed E-state index contributed by atoms with van der Waals surface area (Å²) in [5.74, 6) is -1.05. The third-order valence-electron chi connectivity index (χ3n) is 3.09. The van der Waals surface area contributed by atoms with E-state index in [0.29, 0.717) is 18.7 Å². The molecule has 0 saturated carbocycles. The zero-order valence-corrected chi connectivity index (χ0v) is 9.85. The normalized spacial score (nSPS) is 26.0. The molecule has 1 saturated heterocycles. The van der Waals surface area contributed by atoms with Crippen LogP contribution in [0.3, 0.4) is 0 Å². The highest BCUT2D eigenvalue weighted by Gasteiger charge is 2.29. The van der Waals surface area contributed by atoms with E-state index in [1.165, 1.54) is 6.26 Å². The predicted octanol–water partition coefficient (Wildman–Crippen LogP) is 1.32. The first-order chi connectivity index (χ1) is 7.98. The highest BCUT2D eigenvalue weighted by atomic mass is 16.4. The summed E-state index contributed by atoms with van der Waals surface area (Å²) in [6.45, 7) is 3.76. The Labute approximate surface area is 99.6 Å². The van der Waals surface area contributed by atoms with Crippen molar-refractivity contribution in [3.8, 4) is 0 Å². The van der Waals surface area contributed by atoms with Crippen LogP contribution >= 0.6 is 0 Å². The zero-order chi connectivity index (χ0) is 12.5. The van der Waals surface area contributed by atoms with Crippen molar-refractivity contribution in [1.82, 2.24) is 4.90 Å². The van der Waals surface area contributed by atoms with Crippen LogP contribution in [0.2, 0.25) is 0 Å². The van der Waals surface area contributed by atoms with E-state index >= 15 is 0 Å². The van der Waals surface area contributed by atoms with Crippen molar-refractivity contribution in [2.24, 2.45) is 0 Å². The smallest absolute Gasteiger partial charge is 0.372 e. The van der Waals surface area contributed by atoms with Gasteiger partial charge < -0.3 is 14.6 Å². The molecule has 5 nitrogen and oxygen atoms in total. The van der Waals surface area contributed by atoms with E-state index in [0.717, 1.165) is 19.4 Å². The van der Waals surface area contributed by atoms with Crippen LogP contribution in [-0.2, 0) is 6.54 Å². The molecule has 0 spiro atoms. The fraction of sp³-hybridized carbons (Fsp3) is 0.583. The Bertz CT molecular complexity index is 410. The van der Waals surface area contributed by atoms with E-state index in [-0.39, 0.29) is 5.76 Å². The van der Waals surface area contributed by atoms with Crippen LogP contribution in [0.25, 0.3) is 0 Å². The molecule has 1 aromatic heterocycles. The number of aromatic carboxylic acids is 1. The van der Waals surface area contributed by atoms with E-state index in [1.807, 2.05) is 6.92 Å². The largest absolute Gasteiger partial charge is 0.475 e. The number of carbonyl (C=O) groups is 1. The lowest BCUT2D eigenvalue weighted by Gasteiger charge is -2.36. The summed E-state index contributed by atoms with van der Waals surface area (Å²) in [5.41, 5.74) is -0.0130. The van der Waals surface area contributed by atoms with Gasteiger partial charge in [0.25, 0.3) is 0 Å². The van der Waals surface area contributed by atoms with Gasteiger partial charge in [0, 0.05) is 18.7 Å². The maximum atomic E-state index is 10.9. The highest BCUT2D eigenvalue weighted by Crippen LogP contribution is 2.23. The maximum Gasteiger partial charge on any atom is 0.372 e. The van der Waals surface area contributed by atoms with Crippen molar-refractivity contribution < 1.29 is 19.4 Å². The molecule has 1 aliphatic rings. The topological polar surface area (TPSA) is 73.9 Å². The molecule has 0 radical (unpaired) electrons. The predicted molar refractivity (Wildman–Crippen MR) is 60.8 cm³/mol. The van der Waals surface area contributed by atoms with E-state index in [9.17, 15) is 9.90 Å². The summed E-state index contributed by atoms with van der Waals surface area (Å²) in [6.07, 6.45) is 3.11. The number of nitrogens with zero attached hydrogens (tertiary/aromatic N) is 1. The highest BCUT2D eigenvalue weighted by molar-refractivity contribution is 5.86. The van der Waals surface area contributed by atoms with Crippen molar-refractivity contribution in [3.05, 3.63) is 23.7 Å². The van der Waals surface area contributed by atoms with Gasteiger partial charge in [-0.2, -0.15) is 0 Å². The minimum Gasteiger partial charge on any atom is -0.475 e. The average Bonchev–Trinajstić information content (AvgIpc) is 2.64. The molecule has 0 aromatic carbocycles. The van der Waals surface area contributed by atoms with Crippen molar-refractivity contribution >= 4 is 5.97 Å². The molecule has 0 aliphatic carbocycles. The van der Waals surface area contributed by atoms with Gasteiger partial charge >= 0.3 is 5.97 Å². The third kappa shape index (κ3) is 2.87. The van der Waals surface area contributed by atoms with E-state index in [4.69, 9.17) is 9.52 Å². The summed E-state index contributed by atoms with van der Waals surface area (Å²) in [5, 5.41) is 18.9. The van der Waals surface area contributed by atoms with Crippen LogP contribution in [0, 0.1) is 0 Å². The van der Waals surface area contributed by atoms with Crippen molar-refractivity contribution in [3.63, 3.8) is 0 Å². The number of carboxylic acid groups (broad SMARTS) is 1. The van der Waals surface area contributed by atoms with E-state index in [1.54, 1.807) is 6.07 Å². The van der Waals surface area contributed by atoms with Gasteiger partial charge in [-0.05, 0) is 32.4 Å². The second kappa shape index (κ2) is 4.50. The minimum absolute atomic E-state index is 0.00443. The zero-order valence-electron chi connectivity index (χ0n) is 9.85. The second-order valence-corrected chi connectivity index (χ2v) is 4.89. The molecule has 1 unspecified atom stereocenters. The molecule has 1 aromatic rings. The molecule has 2 heterocycles. The summed E-state index contributed by atoms with van der Waals surface area (Å²) in [4.78, 5) is 12.9. The van der Waals surface area contributed by atoms with Gasteiger partial charge in [-0.15, -0.1) is 0 Å². The molecular weight excluding hydrogens is 222 g/mol. The Hall–Kier alpha value is -1.33. The third-order valence-corrected chi connectivity index (χ3v) is 3.09. The fourth-order valence-corrected chi connectivity index (χ4v) is 2.35. The number of β-amino-alcohol motifs (C(OH)–C–C–N with tert-alkyl or cyclic N) is 1. The molecule has 1 fully saturated rings. The number of rotatable bonds is 3. The van der Waals surface area contributed by atoms with Gasteiger partial charge in [0.2, 0.25) is 5.76 Å². The molecule has 0 amide bonds. The molecule has 94 valence electrons. The summed E-state index contributed by atoms with van der Waals surface area (Å²) in [7, 11) is 0. The van der Waals surface area contributed by atoms with Gasteiger partial charge in [-0.1, -0.05) is 0 Å². The van der Waals surface area contributed by atoms with Crippen molar-refractivity contribution in [2.75, 3.05) is 13.1 Å². The lowest BCUT2D eigenvalue weighted by atomic mass is 9.95. The molecule has 0 bridgehead atoms. The van der Waals surface area contributed by atoms with Gasteiger partial charge in [0.05, 0.1) is 11.9 Å². The summed E-state index contributed by atoms with van der Waals surface area (Å²) < 4.78 is 4.93. The van der Waals surface area contributed by atoms with Crippen LogP contribution < -0.4 is 0 Å². The van der Waals surface area contributed by atoms with E-state index < -0.39 is 11.6 Å². The van der Waals surface area contributed by atoms with E-state index in [2.05, 4.69) is 4.90 Å². The number of likely N-dealkylation sites (tertiary alicyclic amines) is 1. The Balaban J connectivity index is 2.05. The van der Waals surface area contributed by atoms with Crippen molar-refractivity contribution in [2.45, 2.75) is 31.9 Å². The molecule has 1 atom stereocenters. The fourth-order valence-electron chi connectivity index (χ4n) is 2.35. The van der Waals surface area contributed by atoms with Crippen LogP contribution in [-0.4, -0.2) is 39.8 Å². The Kier molecular flexibility index (Phi) is 3.22. The van der Waals surface area contributed by atoms with Gasteiger partial charge in [0.1, 0.15) is 0 Å². The Morgan fingerprint density at radius 3 is 3.06 bits per heavy atom. The van der Waals surface area contributed by atoms with Crippen LogP contribution in [0.1, 0.15) is 35.9 Å². The second-order valence-electron chi connectivity index (χ2n) is 4.89. The molecule has 5 heteroatoms. The number of furan rings is 1. The van der Waals surface area contributed by atoms with Crippen LogP contribution in [0.5, 0.6) is 0 Å². The monoisotopic (exact) mass is 239 g/mol. The molecule has 1 aliphatic heterocycles. The Morgan fingerprint density at radius 1 is 1.65 bits per heavy atom. The first-order valence-electron chi connectivity index (χ1n) is 5.72. The Morgan fingerprint density at radius 2 is 2.41 bits per heavy atom. The van der Waals surface area contributed by atoms with Crippen LogP contribution in [0.15, 0.2) is 16.7 Å². The lowest BCUT2D eigenvalue weighted by molar-refractivity contribution is -0.0182. The number of hydrogen-bond acceptors (Lipinski definition) is 4. The van der Waals surface area contributed by atoms with Crippen molar-refractivity contribution in [1.29, 1.82) is 0 Å². The SMILES string of the molecule is CC1(O)CCCN(Cc2ccoc2C(=O)O)C1. The lowest BCUT2D eigenvalue weighted by Crippen LogP contribution is -2.45. The number of aliphatic hydroxyl groups is 1. The maximum absolute atomic E-state index is 10.9. The van der Waals surface area contributed by atoms with Gasteiger partial charge in [-0.25, -0.2) is 4.79 Å². The number of hydrogen-bond donors (Lipinski definition) is 2. The first-order valence-corrected chi connectivity index (χ1v) is 5.72. The summed E-state index contributed by atoms with van der Waals surface area (Å²) >= 11 is 0. The number of piperidine rings is 1. The molecule has 17 heavy (non-hydrogen) atoms. The quantitative estimate of drug-likeness (QED) is 0.832. The molecule has 2 rings (SSSR count). The van der Waals surface area contributed by atoms with Gasteiger partial charge in [0.15, 0.2) is 0 Å². The molecular formula is C12H17NO4. The van der Waals surface area contributed by atoms with Crippen LogP contribution in [0.4, 0.5) is 0 Å². The minimum atomic E-state index is -1.05. The number of carboxylic acids is 1. The standard InChI is InChI=1S/C12H17NO4/c1-12(16)4-2-5-13(8-12)7-9-3-6-17-10(9)11(14)15/h3,6,16H,2,4-5,7-8H2,1H3,(H,14,15). The van der Waals surface area contributed by atoms with Gasteiger partial charge in [-0.3, -0.25) is 4.90 Å².